The minimum absolute atomic E-state index is 0.298. The standard InChI is InChI=1S/C17H24O5/c1-2-20-16(18)22-17(14-21-17)11-13-19-12-7-6-10-15-8-4-3-5-9-15/h3-5,8-9H,2,6-7,10-14H2,1H3. The molecule has 0 aromatic heterocycles. The average molecular weight is 308 g/mol. The Morgan fingerprint density at radius 1 is 1.23 bits per heavy atom. The maximum Gasteiger partial charge on any atom is 0.510 e. The summed E-state index contributed by atoms with van der Waals surface area (Å²) in [5.41, 5.74) is 1.36. The second kappa shape index (κ2) is 8.76. The number of hydrogen-bond acceptors (Lipinski definition) is 5. The molecule has 0 N–H and O–H groups in total. The van der Waals surface area contributed by atoms with Gasteiger partial charge in [-0.1, -0.05) is 30.3 Å². The first kappa shape index (κ1) is 16.8. The van der Waals surface area contributed by atoms with Crippen molar-refractivity contribution in [3.05, 3.63) is 35.9 Å². The van der Waals surface area contributed by atoms with Crippen LogP contribution in [0.2, 0.25) is 0 Å². The molecule has 0 bridgehead atoms. The van der Waals surface area contributed by atoms with Gasteiger partial charge in [0.1, 0.15) is 6.61 Å². The molecule has 5 nitrogen and oxygen atoms in total. The van der Waals surface area contributed by atoms with Crippen molar-refractivity contribution >= 4 is 6.16 Å². The molecule has 1 aliphatic heterocycles. The zero-order valence-electron chi connectivity index (χ0n) is 13.1. The van der Waals surface area contributed by atoms with Gasteiger partial charge in [0.2, 0.25) is 5.79 Å². The summed E-state index contributed by atoms with van der Waals surface area (Å²) in [6, 6.07) is 10.4. The molecule has 0 saturated carbocycles. The highest BCUT2D eigenvalue weighted by Gasteiger charge is 2.49. The van der Waals surface area contributed by atoms with Gasteiger partial charge in [0, 0.05) is 13.0 Å². The maximum absolute atomic E-state index is 11.2. The molecular weight excluding hydrogens is 284 g/mol. The van der Waals surface area contributed by atoms with Crippen LogP contribution in [0.15, 0.2) is 30.3 Å². The summed E-state index contributed by atoms with van der Waals surface area (Å²) in [4.78, 5) is 11.2. The molecule has 1 unspecified atom stereocenters. The fraction of sp³-hybridized carbons (Fsp3) is 0.588. The van der Waals surface area contributed by atoms with Crippen LogP contribution in [0.1, 0.15) is 31.7 Å². The first-order chi connectivity index (χ1) is 10.7. The maximum atomic E-state index is 11.2. The Morgan fingerprint density at radius 3 is 2.68 bits per heavy atom. The van der Waals surface area contributed by atoms with Gasteiger partial charge >= 0.3 is 6.16 Å². The van der Waals surface area contributed by atoms with Crippen molar-refractivity contribution in [2.24, 2.45) is 0 Å². The number of epoxide rings is 1. The number of unbranched alkanes of at least 4 members (excludes halogenated alkanes) is 1. The van der Waals surface area contributed by atoms with Crippen LogP contribution >= 0.6 is 0 Å². The van der Waals surface area contributed by atoms with E-state index < -0.39 is 11.9 Å². The van der Waals surface area contributed by atoms with Gasteiger partial charge in [-0.2, -0.15) is 0 Å². The van der Waals surface area contributed by atoms with Gasteiger partial charge in [0.25, 0.3) is 0 Å². The highest BCUT2D eigenvalue weighted by molar-refractivity contribution is 5.60. The van der Waals surface area contributed by atoms with E-state index in [2.05, 4.69) is 24.3 Å². The number of hydrogen-bond donors (Lipinski definition) is 0. The summed E-state index contributed by atoms with van der Waals surface area (Å²) < 4.78 is 20.6. The second-order valence-electron chi connectivity index (χ2n) is 5.29. The third kappa shape index (κ3) is 6.03. The number of carbonyl (C=O) groups is 1. The fourth-order valence-electron chi connectivity index (χ4n) is 2.14. The minimum atomic E-state index is -0.809. The molecule has 1 aromatic rings. The summed E-state index contributed by atoms with van der Waals surface area (Å²) in [5, 5.41) is 0. The molecule has 22 heavy (non-hydrogen) atoms. The summed E-state index contributed by atoms with van der Waals surface area (Å²) in [7, 11) is 0. The lowest BCUT2D eigenvalue weighted by Crippen LogP contribution is -2.24. The Labute approximate surface area is 131 Å². The summed E-state index contributed by atoms with van der Waals surface area (Å²) in [6.45, 7) is 3.68. The molecule has 1 aliphatic rings. The lowest BCUT2D eigenvalue weighted by atomic mass is 10.1. The van der Waals surface area contributed by atoms with Crippen molar-refractivity contribution in [2.75, 3.05) is 26.4 Å². The van der Waals surface area contributed by atoms with Crippen molar-refractivity contribution in [2.45, 2.75) is 38.4 Å². The number of ether oxygens (including phenoxy) is 4. The van der Waals surface area contributed by atoms with Gasteiger partial charge in [-0.05, 0) is 31.7 Å². The Kier molecular flexibility index (Phi) is 6.68. The van der Waals surface area contributed by atoms with Crippen LogP contribution in [0, 0.1) is 0 Å². The highest BCUT2D eigenvalue weighted by Crippen LogP contribution is 2.32. The van der Waals surface area contributed by atoms with E-state index in [1.54, 1.807) is 6.92 Å². The van der Waals surface area contributed by atoms with E-state index >= 15 is 0 Å². The molecule has 1 fully saturated rings. The first-order valence-corrected chi connectivity index (χ1v) is 7.85. The van der Waals surface area contributed by atoms with Crippen molar-refractivity contribution in [3.8, 4) is 0 Å². The van der Waals surface area contributed by atoms with Crippen LogP contribution < -0.4 is 0 Å². The number of carbonyl (C=O) groups excluding carboxylic acids is 1. The molecule has 1 heterocycles. The lowest BCUT2D eigenvalue weighted by Gasteiger charge is -2.12. The van der Waals surface area contributed by atoms with E-state index in [1.165, 1.54) is 5.56 Å². The third-order valence-electron chi connectivity index (χ3n) is 3.47. The van der Waals surface area contributed by atoms with Gasteiger partial charge in [0.05, 0.1) is 13.2 Å². The molecule has 2 rings (SSSR count). The van der Waals surface area contributed by atoms with E-state index in [4.69, 9.17) is 18.9 Å². The van der Waals surface area contributed by atoms with E-state index in [-0.39, 0.29) is 0 Å². The Balaban J connectivity index is 1.48. The molecule has 1 aromatic carbocycles. The van der Waals surface area contributed by atoms with E-state index in [9.17, 15) is 4.79 Å². The van der Waals surface area contributed by atoms with Crippen molar-refractivity contribution < 1.29 is 23.7 Å². The first-order valence-electron chi connectivity index (χ1n) is 7.85. The van der Waals surface area contributed by atoms with Gasteiger partial charge in [-0.15, -0.1) is 0 Å². The molecule has 122 valence electrons. The van der Waals surface area contributed by atoms with Crippen molar-refractivity contribution in [1.29, 1.82) is 0 Å². The van der Waals surface area contributed by atoms with Gasteiger partial charge < -0.3 is 18.9 Å². The van der Waals surface area contributed by atoms with Crippen LogP contribution in [-0.2, 0) is 25.4 Å². The molecule has 1 atom stereocenters. The SMILES string of the molecule is CCOC(=O)OC1(CCOCCCCc2ccccc2)CO1. The van der Waals surface area contributed by atoms with Crippen LogP contribution in [0.25, 0.3) is 0 Å². The molecular formula is C17H24O5. The zero-order chi connectivity index (χ0) is 15.7. The van der Waals surface area contributed by atoms with Crippen molar-refractivity contribution in [1.82, 2.24) is 0 Å². The van der Waals surface area contributed by atoms with Gasteiger partial charge in [-0.25, -0.2) is 4.79 Å². The van der Waals surface area contributed by atoms with Gasteiger partial charge in [-0.3, -0.25) is 0 Å². The molecule has 1 saturated heterocycles. The molecule has 5 heteroatoms. The Bertz CT molecular complexity index is 442. The minimum Gasteiger partial charge on any atom is -0.435 e. The van der Waals surface area contributed by atoms with Crippen LogP contribution in [0.5, 0.6) is 0 Å². The smallest absolute Gasteiger partial charge is 0.435 e. The van der Waals surface area contributed by atoms with Crippen LogP contribution in [0.4, 0.5) is 4.79 Å². The number of aryl methyl sites for hydroxylation is 1. The summed E-state index contributed by atoms with van der Waals surface area (Å²) >= 11 is 0. The van der Waals surface area contributed by atoms with E-state index in [0.29, 0.717) is 32.8 Å². The Hall–Kier alpha value is -1.59. The molecule has 0 radical (unpaired) electrons. The predicted molar refractivity (Wildman–Crippen MR) is 81.6 cm³/mol. The van der Waals surface area contributed by atoms with E-state index in [1.807, 2.05) is 6.07 Å². The predicted octanol–water partition coefficient (Wildman–Crippen LogP) is 3.32. The van der Waals surface area contributed by atoms with Crippen molar-refractivity contribution in [3.63, 3.8) is 0 Å². The fourth-order valence-corrected chi connectivity index (χ4v) is 2.14. The quantitative estimate of drug-likeness (QED) is 0.377. The normalized spacial score (nSPS) is 19.7. The average Bonchev–Trinajstić information content (AvgIpc) is 3.27. The topological polar surface area (TPSA) is 57.3 Å². The monoisotopic (exact) mass is 308 g/mol. The largest absolute Gasteiger partial charge is 0.510 e. The zero-order valence-corrected chi connectivity index (χ0v) is 13.1. The number of rotatable bonds is 10. The molecule has 0 spiro atoms. The van der Waals surface area contributed by atoms with Crippen LogP contribution in [-0.4, -0.2) is 38.4 Å². The van der Waals surface area contributed by atoms with Crippen LogP contribution in [0.3, 0.4) is 0 Å². The summed E-state index contributed by atoms with van der Waals surface area (Å²) in [5.74, 6) is -0.809. The molecule has 0 amide bonds. The summed E-state index contributed by atoms with van der Waals surface area (Å²) in [6.07, 6.45) is 3.06. The lowest BCUT2D eigenvalue weighted by molar-refractivity contribution is -0.0491. The second-order valence-corrected chi connectivity index (χ2v) is 5.29. The van der Waals surface area contributed by atoms with E-state index in [0.717, 1.165) is 19.3 Å². The van der Waals surface area contributed by atoms with Gasteiger partial charge in [0.15, 0.2) is 0 Å². The number of benzene rings is 1. The highest BCUT2D eigenvalue weighted by atomic mass is 16.8. The third-order valence-corrected chi connectivity index (χ3v) is 3.47. The molecule has 0 aliphatic carbocycles. The Morgan fingerprint density at radius 2 is 2.00 bits per heavy atom.